The van der Waals surface area contributed by atoms with Crippen molar-refractivity contribution in [3.8, 4) is 0 Å². The molecule has 90 valence electrons. The Morgan fingerprint density at radius 2 is 1.44 bits per heavy atom. The molecule has 0 aliphatic rings. The van der Waals surface area contributed by atoms with Gasteiger partial charge < -0.3 is 0 Å². The second kappa shape index (κ2) is 4.28. The van der Waals surface area contributed by atoms with E-state index >= 15 is 0 Å². The van der Waals surface area contributed by atoms with Gasteiger partial charge in [0.15, 0.2) is 0 Å². The number of halogens is 1. The second-order valence-corrected chi connectivity index (χ2v) is 6.08. The highest BCUT2D eigenvalue weighted by Crippen LogP contribution is 2.26. The Kier molecular flexibility index (Phi) is 3.58. The van der Waals surface area contributed by atoms with Gasteiger partial charge in [-0.15, -0.1) is 0 Å². The lowest BCUT2D eigenvalue weighted by atomic mass is 9.88. The maximum atomic E-state index is 5.96. The molecule has 0 aliphatic carbocycles. The van der Waals surface area contributed by atoms with E-state index in [0.29, 0.717) is 0 Å². The summed E-state index contributed by atoms with van der Waals surface area (Å²) in [5.41, 5.74) is -0.169. The molecular weight excluding hydrogens is 222 g/mol. The molecule has 0 radical (unpaired) electrons. The van der Waals surface area contributed by atoms with Gasteiger partial charge in [0.05, 0.1) is 0 Å². The third-order valence-corrected chi connectivity index (χ3v) is 2.94. The Morgan fingerprint density at radius 3 is 1.88 bits per heavy atom. The normalized spacial score (nSPS) is 12.9. The zero-order chi connectivity index (χ0) is 12.6. The van der Waals surface area contributed by atoms with Crippen LogP contribution in [-0.2, 0) is 10.8 Å². The molecule has 0 atom stereocenters. The molecule has 1 aromatic rings. The molecular formula is C12H20ClN3. The molecule has 0 aliphatic heterocycles. The largest absolute Gasteiger partial charge is 0.225 e. The van der Waals surface area contributed by atoms with E-state index in [0.717, 1.165) is 18.1 Å². The SMILES string of the molecule is CCC(C)(C)c1nc(Cl)nc(C(C)(C)C)n1. The van der Waals surface area contributed by atoms with E-state index in [-0.39, 0.29) is 16.1 Å². The van der Waals surface area contributed by atoms with Crippen LogP contribution in [0.25, 0.3) is 0 Å². The van der Waals surface area contributed by atoms with Crippen LogP contribution in [-0.4, -0.2) is 15.0 Å². The molecule has 3 nitrogen and oxygen atoms in total. The summed E-state index contributed by atoms with van der Waals surface area (Å²) < 4.78 is 0. The molecule has 0 amide bonds. The van der Waals surface area contributed by atoms with Gasteiger partial charge in [0.25, 0.3) is 0 Å². The van der Waals surface area contributed by atoms with E-state index in [9.17, 15) is 0 Å². The van der Waals surface area contributed by atoms with Crippen molar-refractivity contribution in [2.45, 2.75) is 58.8 Å². The average molecular weight is 242 g/mol. The maximum Gasteiger partial charge on any atom is 0.225 e. The highest BCUT2D eigenvalue weighted by atomic mass is 35.5. The van der Waals surface area contributed by atoms with E-state index in [2.05, 4.69) is 56.5 Å². The number of rotatable bonds is 2. The molecule has 0 spiro atoms. The summed E-state index contributed by atoms with van der Waals surface area (Å²) in [6.45, 7) is 12.6. The number of hydrogen-bond donors (Lipinski definition) is 0. The molecule has 1 heterocycles. The standard InChI is InChI=1S/C12H20ClN3/c1-7-12(5,6)9-14-8(11(2,3)4)15-10(13)16-9/h7H2,1-6H3. The van der Waals surface area contributed by atoms with Crippen molar-refractivity contribution < 1.29 is 0 Å². The molecule has 1 rings (SSSR count). The first-order chi connectivity index (χ1) is 7.16. The summed E-state index contributed by atoms with van der Waals surface area (Å²) >= 11 is 5.96. The van der Waals surface area contributed by atoms with Crippen molar-refractivity contribution in [1.82, 2.24) is 15.0 Å². The Morgan fingerprint density at radius 1 is 0.938 bits per heavy atom. The van der Waals surface area contributed by atoms with Crippen LogP contribution in [0.1, 0.15) is 59.6 Å². The summed E-state index contributed by atoms with van der Waals surface area (Å²) in [4.78, 5) is 13.0. The van der Waals surface area contributed by atoms with Gasteiger partial charge in [-0.25, -0.2) is 15.0 Å². The Hall–Kier alpha value is -0.700. The first-order valence-corrected chi connectivity index (χ1v) is 5.97. The van der Waals surface area contributed by atoms with E-state index in [1.54, 1.807) is 0 Å². The molecule has 16 heavy (non-hydrogen) atoms. The van der Waals surface area contributed by atoms with Crippen LogP contribution in [0.3, 0.4) is 0 Å². The van der Waals surface area contributed by atoms with Crippen LogP contribution in [0.15, 0.2) is 0 Å². The lowest BCUT2D eigenvalue weighted by Gasteiger charge is -2.23. The molecule has 0 N–H and O–H groups in total. The lowest BCUT2D eigenvalue weighted by Crippen LogP contribution is -2.25. The number of nitrogens with zero attached hydrogens (tertiary/aromatic N) is 3. The van der Waals surface area contributed by atoms with Crippen LogP contribution < -0.4 is 0 Å². The predicted octanol–water partition coefficient (Wildman–Crippen LogP) is 3.51. The van der Waals surface area contributed by atoms with Crippen LogP contribution in [0.2, 0.25) is 5.28 Å². The Balaban J connectivity index is 3.29. The fourth-order valence-corrected chi connectivity index (χ4v) is 1.31. The van der Waals surface area contributed by atoms with Crippen molar-refractivity contribution >= 4 is 11.6 Å². The van der Waals surface area contributed by atoms with Gasteiger partial charge in [0, 0.05) is 10.8 Å². The monoisotopic (exact) mass is 241 g/mol. The first-order valence-electron chi connectivity index (χ1n) is 5.59. The predicted molar refractivity (Wildman–Crippen MR) is 66.9 cm³/mol. The summed E-state index contributed by atoms with van der Waals surface area (Å²) in [5, 5.41) is 0.288. The highest BCUT2D eigenvalue weighted by molar-refractivity contribution is 6.28. The van der Waals surface area contributed by atoms with Gasteiger partial charge in [-0.05, 0) is 18.0 Å². The van der Waals surface area contributed by atoms with Gasteiger partial charge in [-0.3, -0.25) is 0 Å². The quantitative estimate of drug-likeness (QED) is 0.795. The lowest BCUT2D eigenvalue weighted by molar-refractivity contribution is 0.452. The first kappa shape index (κ1) is 13.4. The smallest absolute Gasteiger partial charge is 0.217 e. The number of hydrogen-bond acceptors (Lipinski definition) is 3. The van der Waals surface area contributed by atoms with Crippen LogP contribution >= 0.6 is 11.6 Å². The molecule has 0 bridgehead atoms. The second-order valence-electron chi connectivity index (χ2n) is 5.74. The van der Waals surface area contributed by atoms with E-state index < -0.39 is 0 Å². The third kappa shape index (κ3) is 2.91. The van der Waals surface area contributed by atoms with Crippen molar-refractivity contribution in [3.63, 3.8) is 0 Å². The summed E-state index contributed by atoms with van der Waals surface area (Å²) in [7, 11) is 0. The van der Waals surface area contributed by atoms with Gasteiger partial charge >= 0.3 is 0 Å². The fourth-order valence-electron chi connectivity index (χ4n) is 1.15. The van der Waals surface area contributed by atoms with Crippen molar-refractivity contribution in [2.24, 2.45) is 0 Å². The van der Waals surface area contributed by atoms with Crippen molar-refractivity contribution in [3.05, 3.63) is 16.9 Å². The molecule has 0 saturated carbocycles. The zero-order valence-corrected chi connectivity index (χ0v) is 11.7. The van der Waals surface area contributed by atoms with E-state index in [1.807, 2.05) is 0 Å². The molecule has 0 aromatic carbocycles. The minimum absolute atomic E-state index is 0.0629. The fraction of sp³-hybridized carbons (Fsp3) is 0.750. The van der Waals surface area contributed by atoms with Gasteiger partial charge in [-0.2, -0.15) is 0 Å². The van der Waals surface area contributed by atoms with Crippen molar-refractivity contribution in [2.75, 3.05) is 0 Å². The molecule has 0 saturated heterocycles. The van der Waals surface area contributed by atoms with Gasteiger partial charge in [-0.1, -0.05) is 41.5 Å². The molecule has 0 fully saturated rings. The van der Waals surface area contributed by atoms with Gasteiger partial charge in [0.1, 0.15) is 11.6 Å². The Labute approximate surface area is 103 Å². The molecule has 0 unspecified atom stereocenters. The van der Waals surface area contributed by atoms with Gasteiger partial charge in [0.2, 0.25) is 5.28 Å². The van der Waals surface area contributed by atoms with Crippen LogP contribution in [0, 0.1) is 0 Å². The molecule has 4 heteroatoms. The van der Waals surface area contributed by atoms with Crippen LogP contribution in [0.5, 0.6) is 0 Å². The minimum atomic E-state index is -0.106. The zero-order valence-electron chi connectivity index (χ0n) is 10.9. The average Bonchev–Trinajstić information content (AvgIpc) is 2.15. The number of aromatic nitrogens is 3. The van der Waals surface area contributed by atoms with E-state index in [1.165, 1.54) is 0 Å². The highest BCUT2D eigenvalue weighted by Gasteiger charge is 2.26. The van der Waals surface area contributed by atoms with Crippen molar-refractivity contribution in [1.29, 1.82) is 0 Å². The van der Waals surface area contributed by atoms with E-state index in [4.69, 9.17) is 11.6 Å². The summed E-state index contributed by atoms with van der Waals surface area (Å²) in [6, 6.07) is 0. The molecule has 1 aromatic heterocycles. The minimum Gasteiger partial charge on any atom is -0.217 e. The topological polar surface area (TPSA) is 38.7 Å². The summed E-state index contributed by atoms with van der Waals surface area (Å²) in [5.74, 6) is 1.53. The Bertz CT molecular complexity index is 380. The maximum absolute atomic E-state index is 5.96. The summed E-state index contributed by atoms with van der Waals surface area (Å²) in [6.07, 6.45) is 0.969. The van der Waals surface area contributed by atoms with Crippen LogP contribution in [0.4, 0.5) is 0 Å². The third-order valence-electron chi connectivity index (χ3n) is 2.77.